The van der Waals surface area contributed by atoms with Crippen molar-refractivity contribution in [2.45, 2.75) is 11.8 Å². The second kappa shape index (κ2) is 3.70. The van der Waals surface area contributed by atoms with Gasteiger partial charge in [-0.3, -0.25) is 9.69 Å². The second-order valence-electron chi connectivity index (χ2n) is 2.82. The first-order chi connectivity index (χ1) is 7.09. The molecule has 2 heterocycles. The monoisotopic (exact) mass is 247 g/mol. The molecule has 1 fully saturated rings. The molecule has 2 rings (SSSR count). The summed E-state index contributed by atoms with van der Waals surface area (Å²) in [6.07, 6.45) is 0.398. The van der Waals surface area contributed by atoms with Crippen molar-refractivity contribution in [2.75, 3.05) is 0 Å². The fourth-order valence-electron chi connectivity index (χ4n) is 1.28. The summed E-state index contributed by atoms with van der Waals surface area (Å²) in [4.78, 5) is 23.7. The molecular formula is C7H5NO5S2. The first-order valence-electron chi connectivity index (χ1n) is 3.89. The van der Waals surface area contributed by atoms with Crippen molar-refractivity contribution >= 4 is 39.5 Å². The van der Waals surface area contributed by atoms with E-state index in [0.29, 0.717) is 12.0 Å². The van der Waals surface area contributed by atoms with Crippen LogP contribution in [0.2, 0.25) is 0 Å². The van der Waals surface area contributed by atoms with Crippen LogP contribution >= 0.6 is 11.8 Å². The van der Waals surface area contributed by atoms with E-state index < -0.39 is 16.3 Å². The molecule has 6 nitrogen and oxygen atoms in total. The Balaban J connectivity index is 2.09. The maximum atomic E-state index is 11.3. The Morgan fingerprint density at radius 1 is 1.67 bits per heavy atom. The smallest absolute Gasteiger partial charge is 0.361 e. The fourth-order valence-corrected chi connectivity index (χ4v) is 2.53. The van der Waals surface area contributed by atoms with E-state index in [-0.39, 0.29) is 17.0 Å². The maximum absolute atomic E-state index is 11.3. The molecule has 1 saturated heterocycles. The third kappa shape index (κ3) is 1.77. The molecule has 0 radical (unpaired) electrons. The average molecular weight is 247 g/mol. The van der Waals surface area contributed by atoms with Crippen molar-refractivity contribution in [1.29, 1.82) is 0 Å². The molecule has 8 heteroatoms. The number of carbonyl (C=O) groups is 2. The number of esters is 1. The molecule has 0 aliphatic carbocycles. The predicted molar refractivity (Wildman–Crippen MR) is 52.0 cm³/mol. The van der Waals surface area contributed by atoms with E-state index in [1.165, 1.54) is 22.1 Å². The second-order valence-corrected chi connectivity index (χ2v) is 4.59. The Morgan fingerprint density at radius 2 is 2.40 bits per heavy atom. The molecule has 80 valence electrons. The van der Waals surface area contributed by atoms with Gasteiger partial charge in [-0.15, -0.1) is 11.8 Å². The number of thioether (sulfide) groups is 1. The van der Waals surface area contributed by atoms with Gasteiger partial charge in [-0.25, -0.2) is 4.79 Å². The number of hydrogen-bond donors (Lipinski definition) is 0. The molecule has 0 unspecified atom stereocenters. The van der Waals surface area contributed by atoms with Gasteiger partial charge in [0.2, 0.25) is 21.8 Å². The van der Waals surface area contributed by atoms with E-state index in [2.05, 4.69) is 4.74 Å². The topological polar surface area (TPSA) is 80.8 Å². The Labute approximate surface area is 90.4 Å². The van der Waals surface area contributed by atoms with Gasteiger partial charge >= 0.3 is 5.97 Å². The first-order valence-corrected chi connectivity index (χ1v) is 5.98. The lowest BCUT2D eigenvalue weighted by atomic mass is 10.2. The van der Waals surface area contributed by atoms with Gasteiger partial charge in [0.15, 0.2) is 0 Å². The lowest BCUT2D eigenvalue weighted by Gasteiger charge is -2.34. The Morgan fingerprint density at radius 3 is 3.00 bits per heavy atom. The predicted octanol–water partition coefficient (Wildman–Crippen LogP) is -0.685. The highest BCUT2D eigenvalue weighted by atomic mass is 32.2. The molecule has 2 aliphatic rings. The lowest BCUT2D eigenvalue weighted by Crippen LogP contribution is -2.48. The Kier molecular flexibility index (Phi) is 2.53. The molecule has 0 aromatic rings. The van der Waals surface area contributed by atoms with Crippen LogP contribution in [0.25, 0.3) is 0 Å². The number of amides is 1. The highest BCUT2D eigenvalue weighted by Crippen LogP contribution is 2.40. The van der Waals surface area contributed by atoms with Gasteiger partial charge in [0.1, 0.15) is 5.70 Å². The molecule has 15 heavy (non-hydrogen) atoms. The molecule has 0 aromatic heterocycles. The molecule has 0 N–H and O–H groups in total. The lowest BCUT2D eigenvalue weighted by molar-refractivity contribution is -0.144. The number of ether oxygens (including phenoxy) is 1. The largest absolute Gasteiger partial charge is 0.413 e. The van der Waals surface area contributed by atoms with Crippen LogP contribution in [-0.2, 0) is 24.6 Å². The summed E-state index contributed by atoms with van der Waals surface area (Å²) in [5, 5.41) is 1.47. The zero-order chi connectivity index (χ0) is 11.0. The quantitative estimate of drug-likeness (QED) is 0.365. The molecule has 1 amide bonds. The summed E-state index contributed by atoms with van der Waals surface area (Å²) in [6.45, 7) is 0. The molecule has 0 bridgehead atoms. The number of hydrogen-bond acceptors (Lipinski definition) is 6. The van der Waals surface area contributed by atoms with Gasteiger partial charge in [-0.1, -0.05) is 0 Å². The van der Waals surface area contributed by atoms with E-state index in [1.54, 1.807) is 0 Å². The zero-order valence-corrected chi connectivity index (χ0v) is 8.88. The molecule has 2 aliphatic heterocycles. The van der Waals surface area contributed by atoms with Gasteiger partial charge in [-0.05, 0) is 0 Å². The van der Waals surface area contributed by atoms with Gasteiger partial charge in [-0.2, -0.15) is 8.42 Å². The van der Waals surface area contributed by atoms with Gasteiger partial charge in [0, 0.05) is 5.41 Å². The molecule has 1 atom stereocenters. The summed E-state index contributed by atoms with van der Waals surface area (Å²) in [7, 11) is -2.55. The third-order valence-electron chi connectivity index (χ3n) is 1.95. The number of β-lactam (4-membered cyclic amide) rings is 1. The number of fused-ring (bicyclic) bond motifs is 1. The van der Waals surface area contributed by atoms with Crippen molar-refractivity contribution in [3.05, 3.63) is 11.1 Å². The first kappa shape index (κ1) is 10.2. The normalized spacial score (nSPS) is 22.7. The minimum Gasteiger partial charge on any atom is -0.413 e. The van der Waals surface area contributed by atoms with E-state index in [1.807, 2.05) is 0 Å². The molecule has 0 aromatic carbocycles. The standard InChI is InChI=1S/C7H5NO5S2/c9-5-1-6-8(5)4(2-14-6)7(10)13-3-15(11)12/h2-3,6H,1H2/t6-/m1/s1. The van der Waals surface area contributed by atoms with E-state index >= 15 is 0 Å². The number of rotatable bonds is 2. The summed E-state index contributed by atoms with van der Waals surface area (Å²) < 4.78 is 24.5. The minimum absolute atomic E-state index is 0.0298. The maximum Gasteiger partial charge on any atom is 0.361 e. The summed E-state index contributed by atoms with van der Waals surface area (Å²) in [5.41, 5.74) is 0.494. The van der Waals surface area contributed by atoms with Crippen LogP contribution in [0.3, 0.4) is 0 Å². The van der Waals surface area contributed by atoms with Gasteiger partial charge in [0.25, 0.3) is 0 Å². The van der Waals surface area contributed by atoms with Crippen LogP contribution in [0.1, 0.15) is 6.42 Å². The van der Waals surface area contributed by atoms with Crippen LogP contribution in [0.4, 0.5) is 0 Å². The van der Waals surface area contributed by atoms with Crippen LogP contribution in [-0.4, -0.2) is 36.1 Å². The summed E-state index contributed by atoms with van der Waals surface area (Å²) >= 11 is 1.34. The number of carbonyl (C=O) groups excluding carboxylic acids is 2. The minimum atomic E-state index is -2.55. The number of nitrogens with zero attached hydrogens (tertiary/aromatic N) is 1. The summed E-state index contributed by atoms with van der Waals surface area (Å²) in [5.74, 6) is -0.987. The van der Waals surface area contributed by atoms with Crippen molar-refractivity contribution in [3.63, 3.8) is 0 Å². The highest BCUT2D eigenvalue weighted by molar-refractivity contribution is 8.03. The van der Waals surface area contributed by atoms with Crippen LogP contribution in [0, 0.1) is 0 Å². The van der Waals surface area contributed by atoms with Gasteiger partial charge < -0.3 is 4.74 Å². The Hall–Kier alpha value is -1.28. The van der Waals surface area contributed by atoms with Crippen molar-refractivity contribution < 1.29 is 22.7 Å². The van der Waals surface area contributed by atoms with Gasteiger partial charge in [0.05, 0.1) is 11.8 Å². The highest BCUT2D eigenvalue weighted by Gasteiger charge is 2.45. The zero-order valence-electron chi connectivity index (χ0n) is 7.24. The van der Waals surface area contributed by atoms with Crippen molar-refractivity contribution in [1.82, 2.24) is 4.90 Å². The molecule has 0 saturated carbocycles. The van der Waals surface area contributed by atoms with E-state index in [4.69, 9.17) is 0 Å². The molecule has 0 spiro atoms. The third-order valence-corrected chi connectivity index (χ3v) is 3.25. The SMILES string of the molecule is O=C(OC=S(=O)=O)C1=CS[C@@H]2CC(=O)N12. The van der Waals surface area contributed by atoms with E-state index in [0.717, 1.165) is 0 Å². The van der Waals surface area contributed by atoms with E-state index in [9.17, 15) is 18.0 Å². The van der Waals surface area contributed by atoms with Crippen molar-refractivity contribution in [2.24, 2.45) is 0 Å². The van der Waals surface area contributed by atoms with Crippen LogP contribution in [0.15, 0.2) is 11.1 Å². The Bertz CT molecular complexity index is 484. The fraction of sp³-hybridized carbons (Fsp3) is 0.286. The van der Waals surface area contributed by atoms with Crippen molar-refractivity contribution in [3.8, 4) is 0 Å². The molecular weight excluding hydrogens is 242 g/mol. The summed E-state index contributed by atoms with van der Waals surface area (Å²) in [6, 6.07) is 0. The average Bonchev–Trinajstić information content (AvgIpc) is 2.51. The van der Waals surface area contributed by atoms with Crippen LogP contribution in [0.5, 0.6) is 0 Å². The van der Waals surface area contributed by atoms with Crippen LogP contribution < -0.4 is 0 Å².